The predicted molar refractivity (Wildman–Crippen MR) is 65.1 cm³/mol. The van der Waals surface area contributed by atoms with Gasteiger partial charge in [-0.15, -0.1) is 10.2 Å². The van der Waals surface area contributed by atoms with E-state index in [2.05, 4.69) is 15.5 Å². The molecule has 0 aliphatic rings. The minimum Gasteiger partial charge on any atom is -0.507 e. The molecule has 2 aromatic rings. The summed E-state index contributed by atoms with van der Waals surface area (Å²) in [5, 5.41) is 19.6. The highest BCUT2D eigenvalue weighted by Gasteiger charge is 2.16. The zero-order valence-corrected chi connectivity index (χ0v) is 10.3. The molecule has 1 heterocycles. The second-order valence-corrected chi connectivity index (χ2v) is 4.00. The zero-order chi connectivity index (χ0) is 13.8. The largest absolute Gasteiger partial charge is 0.507 e. The van der Waals surface area contributed by atoms with Crippen LogP contribution in [0, 0.1) is 5.82 Å². The van der Waals surface area contributed by atoms with Crippen molar-refractivity contribution in [2.75, 3.05) is 6.54 Å². The van der Waals surface area contributed by atoms with Gasteiger partial charge in [-0.1, -0.05) is 6.07 Å². The Hall–Kier alpha value is -2.44. The summed E-state index contributed by atoms with van der Waals surface area (Å²) in [5.74, 6) is -1.08. The lowest BCUT2D eigenvalue weighted by molar-refractivity contribution is 0.0947. The number of halogens is 1. The number of aryl methyl sites for hydroxylation is 1. The van der Waals surface area contributed by atoms with Crippen molar-refractivity contribution in [2.45, 2.75) is 6.42 Å². The number of carbonyl (C=O) groups excluding carboxylic acids is 1. The molecule has 7 heteroatoms. The molecule has 0 fully saturated rings. The van der Waals surface area contributed by atoms with Gasteiger partial charge in [0.25, 0.3) is 5.91 Å². The highest BCUT2D eigenvalue weighted by atomic mass is 19.1. The number of rotatable bonds is 4. The van der Waals surface area contributed by atoms with Gasteiger partial charge < -0.3 is 15.0 Å². The number of hydrogen-bond donors (Lipinski definition) is 2. The topological polar surface area (TPSA) is 80.0 Å². The van der Waals surface area contributed by atoms with Crippen LogP contribution in [0.4, 0.5) is 4.39 Å². The number of benzene rings is 1. The molecule has 2 N–H and O–H groups in total. The molecule has 0 spiro atoms. The van der Waals surface area contributed by atoms with Crippen LogP contribution in [-0.4, -0.2) is 32.3 Å². The summed E-state index contributed by atoms with van der Waals surface area (Å²) in [5.41, 5.74) is -0.347. The van der Waals surface area contributed by atoms with Crippen molar-refractivity contribution in [3.63, 3.8) is 0 Å². The van der Waals surface area contributed by atoms with Gasteiger partial charge in [-0.25, -0.2) is 4.39 Å². The van der Waals surface area contributed by atoms with E-state index in [9.17, 15) is 14.3 Å². The van der Waals surface area contributed by atoms with Gasteiger partial charge in [0.1, 0.15) is 29.3 Å². The normalized spacial score (nSPS) is 10.4. The van der Waals surface area contributed by atoms with Gasteiger partial charge in [0.2, 0.25) is 0 Å². The van der Waals surface area contributed by atoms with E-state index in [4.69, 9.17) is 0 Å². The van der Waals surface area contributed by atoms with Crippen molar-refractivity contribution in [3.8, 4) is 5.75 Å². The lowest BCUT2D eigenvalue weighted by atomic mass is 10.1. The molecule has 1 amide bonds. The average Bonchev–Trinajstić information content (AvgIpc) is 2.75. The van der Waals surface area contributed by atoms with Crippen molar-refractivity contribution < 1.29 is 14.3 Å². The number of aromatic nitrogens is 3. The molecule has 19 heavy (non-hydrogen) atoms. The van der Waals surface area contributed by atoms with Gasteiger partial charge in [-0.05, 0) is 12.1 Å². The number of amides is 1. The Balaban J connectivity index is 1.97. The van der Waals surface area contributed by atoms with Crippen LogP contribution in [0.2, 0.25) is 0 Å². The van der Waals surface area contributed by atoms with Crippen LogP contribution in [-0.2, 0) is 13.5 Å². The van der Waals surface area contributed by atoms with Gasteiger partial charge in [0, 0.05) is 20.0 Å². The Morgan fingerprint density at radius 3 is 2.95 bits per heavy atom. The molecule has 0 atom stereocenters. The predicted octanol–water partition coefficient (Wildman–Crippen LogP) is 0.632. The minimum atomic E-state index is -0.754. The van der Waals surface area contributed by atoms with Crippen LogP contribution in [0.15, 0.2) is 24.5 Å². The lowest BCUT2D eigenvalue weighted by Crippen LogP contribution is -2.27. The summed E-state index contributed by atoms with van der Waals surface area (Å²) in [4.78, 5) is 11.7. The highest BCUT2D eigenvalue weighted by Crippen LogP contribution is 2.19. The summed E-state index contributed by atoms with van der Waals surface area (Å²) in [6.45, 7) is 0.277. The molecule has 6 nitrogen and oxygen atoms in total. The molecule has 0 bridgehead atoms. The molecule has 1 aromatic heterocycles. The molecule has 0 aliphatic carbocycles. The highest BCUT2D eigenvalue weighted by molar-refractivity contribution is 5.97. The lowest BCUT2D eigenvalue weighted by Gasteiger charge is -2.07. The average molecular weight is 264 g/mol. The first kappa shape index (κ1) is 13.0. The summed E-state index contributed by atoms with van der Waals surface area (Å²) < 4.78 is 15.1. The molecular weight excluding hydrogens is 251 g/mol. The molecule has 2 rings (SSSR count). The van der Waals surface area contributed by atoms with Crippen molar-refractivity contribution in [3.05, 3.63) is 41.7 Å². The van der Waals surface area contributed by atoms with Crippen molar-refractivity contribution in [1.29, 1.82) is 0 Å². The van der Waals surface area contributed by atoms with Crippen LogP contribution in [0.5, 0.6) is 5.75 Å². The Bertz CT molecular complexity index is 577. The fourth-order valence-electron chi connectivity index (χ4n) is 1.65. The maximum Gasteiger partial charge on any atom is 0.258 e. The first-order valence-electron chi connectivity index (χ1n) is 5.68. The van der Waals surface area contributed by atoms with Gasteiger partial charge >= 0.3 is 0 Å². The van der Waals surface area contributed by atoms with E-state index in [1.165, 1.54) is 12.1 Å². The second-order valence-electron chi connectivity index (χ2n) is 4.00. The van der Waals surface area contributed by atoms with Crippen molar-refractivity contribution in [1.82, 2.24) is 20.1 Å². The van der Waals surface area contributed by atoms with E-state index in [1.807, 2.05) is 0 Å². The molecule has 0 radical (unpaired) electrons. The number of phenolic OH excluding ortho intramolecular Hbond substituents is 1. The van der Waals surface area contributed by atoms with Crippen LogP contribution in [0.1, 0.15) is 16.2 Å². The fourth-order valence-corrected chi connectivity index (χ4v) is 1.65. The van der Waals surface area contributed by atoms with Gasteiger partial charge in [-0.3, -0.25) is 4.79 Å². The first-order chi connectivity index (χ1) is 9.09. The molecule has 100 valence electrons. The van der Waals surface area contributed by atoms with Crippen molar-refractivity contribution >= 4 is 5.91 Å². The molecular formula is C12H13FN4O2. The van der Waals surface area contributed by atoms with E-state index >= 15 is 0 Å². The molecule has 0 saturated carbocycles. The third-order valence-electron chi connectivity index (χ3n) is 2.66. The molecule has 0 unspecified atom stereocenters. The Morgan fingerprint density at radius 2 is 2.32 bits per heavy atom. The van der Waals surface area contributed by atoms with Gasteiger partial charge in [0.15, 0.2) is 0 Å². The molecule has 1 aromatic carbocycles. The Kier molecular flexibility index (Phi) is 3.74. The molecule has 0 aliphatic heterocycles. The van der Waals surface area contributed by atoms with E-state index < -0.39 is 11.7 Å². The van der Waals surface area contributed by atoms with Gasteiger partial charge in [0.05, 0.1) is 0 Å². The fraction of sp³-hybridized carbons (Fsp3) is 0.250. The molecule has 0 saturated heterocycles. The second kappa shape index (κ2) is 5.47. The minimum absolute atomic E-state index is 0.277. The van der Waals surface area contributed by atoms with Gasteiger partial charge in [-0.2, -0.15) is 0 Å². The van der Waals surface area contributed by atoms with Crippen molar-refractivity contribution in [2.24, 2.45) is 7.05 Å². The van der Waals surface area contributed by atoms with Crippen LogP contribution in [0.3, 0.4) is 0 Å². The number of phenols is 1. The van der Waals surface area contributed by atoms with Crippen LogP contribution < -0.4 is 5.32 Å². The third-order valence-corrected chi connectivity index (χ3v) is 2.66. The smallest absolute Gasteiger partial charge is 0.258 e. The first-order valence-corrected chi connectivity index (χ1v) is 5.68. The summed E-state index contributed by atoms with van der Waals surface area (Å²) in [6, 6.07) is 3.72. The monoisotopic (exact) mass is 264 g/mol. The number of nitrogens with zero attached hydrogens (tertiary/aromatic N) is 3. The zero-order valence-electron chi connectivity index (χ0n) is 10.3. The Morgan fingerprint density at radius 1 is 1.53 bits per heavy atom. The van der Waals surface area contributed by atoms with Crippen LogP contribution >= 0.6 is 0 Å². The maximum absolute atomic E-state index is 13.4. The maximum atomic E-state index is 13.4. The van der Waals surface area contributed by atoms with E-state index in [0.717, 1.165) is 6.07 Å². The van der Waals surface area contributed by atoms with Crippen LogP contribution in [0.25, 0.3) is 0 Å². The third kappa shape index (κ3) is 2.87. The summed E-state index contributed by atoms with van der Waals surface area (Å²) in [7, 11) is 1.79. The number of aromatic hydroxyl groups is 1. The van der Waals surface area contributed by atoms with E-state index in [-0.39, 0.29) is 17.9 Å². The quantitative estimate of drug-likeness (QED) is 0.849. The summed E-state index contributed by atoms with van der Waals surface area (Å²) in [6.07, 6.45) is 2.03. The number of carbonyl (C=O) groups is 1. The van der Waals surface area contributed by atoms with E-state index in [1.54, 1.807) is 17.9 Å². The SMILES string of the molecule is Cn1cnnc1CCNC(=O)c1c(O)cccc1F. The Labute approximate surface area is 108 Å². The number of hydrogen-bond acceptors (Lipinski definition) is 4. The standard InChI is InChI=1S/C12H13FN4O2/c1-17-7-15-16-10(17)5-6-14-12(19)11-8(13)3-2-4-9(11)18/h2-4,7,18H,5-6H2,1H3,(H,14,19). The number of nitrogens with one attached hydrogen (secondary N) is 1. The summed E-state index contributed by atoms with van der Waals surface area (Å²) >= 11 is 0. The van der Waals surface area contributed by atoms with E-state index in [0.29, 0.717) is 12.2 Å².